The number of hydrogen-bond acceptors (Lipinski definition) is 7. The van der Waals surface area contributed by atoms with Crippen molar-refractivity contribution >= 4 is 22.5 Å². The topological polar surface area (TPSA) is 97.8 Å². The molecule has 3 aromatic heterocycles. The Hall–Kier alpha value is -4.67. The van der Waals surface area contributed by atoms with Crippen molar-refractivity contribution in [2.45, 2.75) is 6.18 Å². The summed E-state index contributed by atoms with van der Waals surface area (Å²) in [5.41, 5.74) is 0.693. The fourth-order valence-electron chi connectivity index (χ4n) is 3.37. The summed E-state index contributed by atoms with van der Waals surface area (Å²) < 4.78 is 50.0. The minimum Gasteiger partial charge on any atom is -0.497 e. The van der Waals surface area contributed by atoms with Crippen molar-refractivity contribution in [1.82, 2.24) is 25.1 Å². The van der Waals surface area contributed by atoms with Crippen molar-refractivity contribution in [2.24, 2.45) is 0 Å². The molecule has 0 fully saturated rings. The predicted octanol–water partition coefficient (Wildman–Crippen LogP) is 5.98. The van der Waals surface area contributed by atoms with Crippen molar-refractivity contribution < 1.29 is 22.6 Å². The van der Waals surface area contributed by atoms with Gasteiger partial charge in [0.15, 0.2) is 5.82 Å². The number of methoxy groups -OCH3 is 1. The second-order valence-corrected chi connectivity index (χ2v) is 7.40. The van der Waals surface area contributed by atoms with Crippen LogP contribution in [0.25, 0.3) is 22.4 Å². The summed E-state index contributed by atoms with van der Waals surface area (Å²) in [4.78, 5) is 11.6. The van der Waals surface area contributed by atoms with Crippen LogP contribution in [0.15, 0.2) is 73.1 Å². The van der Waals surface area contributed by atoms with Crippen LogP contribution in [-0.4, -0.2) is 32.3 Å². The van der Waals surface area contributed by atoms with Crippen molar-refractivity contribution in [3.05, 3.63) is 78.6 Å². The predicted molar refractivity (Wildman–Crippen MR) is 123 cm³/mol. The van der Waals surface area contributed by atoms with Crippen molar-refractivity contribution in [1.29, 1.82) is 0 Å². The summed E-state index contributed by atoms with van der Waals surface area (Å²) in [6, 6.07) is 15.5. The van der Waals surface area contributed by atoms with Gasteiger partial charge in [-0.3, -0.25) is 4.98 Å². The van der Waals surface area contributed by atoms with E-state index in [9.17, 15) is 13.2 Å². The van der Waals surface area contributed by atoms with Gasteiger partial charge >= 0.3 is 6.18 Å². The molecule has 0 atom stereocenters. The van der Waals surface area contributed by atoms with Crippen LogP contribution < -0.4 is 14.8 Å². The van der Waals surface area contributed by atoms with Gasteiger partial charge in [0.05, 0.1) is 24.4 Å². The van der Waals surface area contributed by atoms with Crippen molar-refractivity contribution in [2.75, 3.05) is 12.4 Å². The quantitative estimate of drug-likeness (QED) is 0.310. The van der Waals surface area contributed by atoms with E-state index in [2.05, 4.69) is 30.5 Å². The second-order valence-electron chi connectivity index (χ2n) is 7.40. The van der Waals surface area contributed by atoms with Crippen LogP contribution >= 0.6 is 0 Å². The van der Waals surface area contributed by atoms with Gasteiger partial charge in [0, 0.05) is 17.3 Å². The molecular weight excluding hydrogens is 461 g/mol. The number of alkyl halides is 3. The maximum Gasteiger partial charge on any atom is 0.416 e. The molecule has 5 rings (SSSR count). The minimum absolute atomic E-state index is 0.179. The van der Waals surface area contributed by atoms with E-state index < -0.39 is 11.7 Å². The summed E-state index contributed by atoms with van der Waals surface area (Å²) in [6.45, 7) is 0. The monoisotopic (exact) mass is 478 g/mol. The van der Waals surface area contributed by atoms with Gasteiger partial charge in [0.2, 0.25) is 5.95 Å². The smallest absolute Gasteiger partial charge is 0.416 e. The van der Waals surface area contributed by atoms with Crippen LogP contribution in [0.4, 0.5) is 24.8 Å². The molecule has 0 spiro atoms. The van der Waals surface area contributed by atoms with Gasteiger partial charge in [0.25, 0.3) is 0 Å². The third kappa shape index (κ3) is 4.83. The van der Waals surface area contributed by atoms with Crippen LogP contribution in [0.5, 0.6) is 17.2 Å². The number of aromatic nitrogens is 5. The van der Waals surface area contributed by atoms with E-state index in [0.29, 0.717) is 28.8 Å². The number of pyridine rings is 2. The molecule has 0 amide bonds. The van der Waals surface area contributed by atoms with E-state index in [1.54, 1.807) is 31.5 Å². The zero-order valence-electron chi connectivity index (χ0n) is 18.2. The molecule has 0 unspecified atom stereocenters. The average Bonchev–Trinajstić information content (AvgIpc) is 3.32. The number of benzene rings is 2. The first-order chi connectivity index (χ1) is 16.9. The van der Waals surface area contributed by atoms with E-state index in [1.807, 2.05) is 18.2 Å². The van der Waals surface area contributed by atoms with E-state index in [1.165, 1.54) is 18.3 Å². The Morgan fingerprint density at radius 2 is 1.77 bits per heavy atom. The first kappa shape index (κ1) is 22.1. The van der Waals surface area contributed by atoms with Gasteiger partial charge in [-0.05, 0) is 54.6 Å². The second kappa shape index (κ2) is 8.93. The first-order valence-electron chi connectivity index (χ1n) is 10.3. The Balaban J connectivity index is 1.32. The molecule has 5 aromatic rings. The van der Waals surface area contributed by atoms with Crippen LogP contribution in [0.2, 0.25) is 0 Å². The molecule has 0 saturated carbocycles. The molecule has 0 aliphatic carbocycles. The number of H-pyrrole nitrogens is 1. The SMILES string of the molecule is COc1ccc2nccc(Oc3ccc(-c4nnc(Nc5cccc(C(F)(F)F)c5)[nH]4)nc3)c2c1. The maximum absolute atomic E-state index is 12.9. The molecule has 0 bridgehead atoms. The summed E-state index contributed by atoms with van der Waals surface area (Å²) >= 11 is 0. The summed E-state index contributed by atoms with van der Waals surface area (Å²) in [5.74, 6) is 2.29. The number of fused-ring (bicyclic) bond motifs is 1. The van der Waals surface area contributed by atoms with E-state index >= 15 is 0 Å². The Morgan fingerprint density at radius 3 is 2.54 bits per heavy atom. The first-order valence-corrected chi connectivity index (χ1v) is 10.3. The number of rotatable bonds is 6. The zero-order chi connectivity index (χ0) is 24.4. The molecule has 0 aliphatic rings. The Kier molecular flexibility index (Phi) is 5.65. The lowest BCUT2D eigenvalue weighted by atomic mass is 10.2. The highest BCUT2D eigenvalue weighted by Crippen LogP contribution is 2.32. The lowest BCUT2D eigenvalue weighted by Crippen LogP contribution is -2.05. The van der Waals surface area contributed by atoms with Gasteiger partial charge in [-0.15, -0.1) is 10.2 Å². The Morgan fingerprint density at radius 1 is 0.914 bits per heavy atom. The molecule has 0 radical (unpaired) electrons. The van der Waals surface area contributed by atoms with Crippen molar-refractivity contribution in [3.63, 3.8) is 0 Å². The molecule has 11 heteroatoms. The number of nitrogens with one attached hydrogen (secondary N) is 2. The molecule has 2 aromatic carbocycles. The highest BCUT2D eigenvalue weighted by molar-refractivity contribution is 5.86. The van der Waals surface area contributed by atoms with Crippen LogP contribution in [0.3, 0.4) is 0 Å². The lowest BCUT2D eigenvalue weighted by Gasteiger charge is -2.09. The Bertz CT molecular complexity index is 1490. The van der Waals surface area contributed by atoms with Gasteiger partial charge < -0.3 is 19.8 Å². The number of hydrogen-bond donors (Lipinski definition) is 2. The molecule has 176 valence electrons. The minimum atomic E-state index is -4.44. The number of aromatic amines is 1. The molecular formula is C24H17F3N6O2. The normalized spacial score (nSPS) is 11.4. The highest BCUT2D eigenvalue weighted by Gasteiger charge is 2.30. The van der Waals surface area contributed by atoms with Crippen LogP contribution in [0.1, 0.15) is 5.56 Å². The maximum atomic E-state index is 12.9. The Labute approximate surface area is 196 Å². The lowest BCUT2D eigenvalue weighted by molar-refractivity contribution is -0.137. The zero-order valence-corrected chi connectivity index (χ0v) is 18.2. The van der Waals surface area contributed by atoms with E-state index in [-0.39, 0.29) is 11.6 Å². The fourth-order valence-corrected chi connectivity index (χ4v) is 3.37. The summed E-state index contributed by atoms with van der Waals surface area (Å²) in [7, 11) is 1.59. The van der Waals surface area contributed by atoms with Gasteiger partial charge in [-0.2, -0.15) is 13.2 Å². The summed E-state index contributed by atoms with van der Waals surface area (Å²) in [6.07, 6.45) is -1.25. The number of halogens is 3. The molecule has 0 saturated heterocycles. The van der Waals surface area contributed by atoms with E-state index in [4.69, 9.17) is 9.47 Å². The van der Waals surface area contributed by atoms with Crippen LogP contribution in [-0.2, 0) is 6.18 Å². The van der Waals surface area contributed by atoms with Gasteiger partial charge in [0.1, 0.15) is 22.9 Å². The molecule has 8 nitrogen and oxygen atoms in total. The molecule has 35 heavy (non-hydrogen) atoms. The average molecular weight is 478 g/mol. The standard InChI is InChI=1S/C24H17F3N6O2/c1-34-16-5-7-19-18(12-16)21(9-10-28-19)35-17-6-8-20(29-13-17)22-31-23(33-32-22)30-15-4-2-3-14(11-15)24(25,26)27/h2-13H,1H3,(H2,30,31,32,33). The van der Waals surface area contributed by atoms with Gasteiger partial charge in [-0.25, -0.2) is 4.98 Å². The van der Waals surface area contributed by atoms with Gasteiger partial charge in [-0.1, -0.05) is 6.07 Å². The van der Waals surface area contributed by atoms with E-state index in [0.717, 1.165) is 23.0 Å². The number of ether oxygens (including phenoxy) is 2. The molecule has 0 aliphatic heterocycles. The number of anilines is 2. The largest absolute Gasteiger partial charge is 0.497 e. The third-order valence-corrected chi connectivity index (χ3v) is 5.05. The fraction of sp³-hybridized carbons (Fsp3) is 0.0833. The third-order valence-electron chi connectivity index (χ3n) is 5.05. The highest BCUT2D eigenvalue weighted by atomic mass is 19.4. The molecule has 2 N–H and O–H groups in total. The summed E-state index contributed by atoms with van der Waals surface area (Å²) in [5, 5.41) is 11.5. The molecule has 3 heterocycles. The van der Waals surface area contributed by atoms with Crippen molar-refractivity contribution in [3.8, 4) is 28.8 Å². The van der Waals surface area contributed by atoms with Crippen LogP contribution in [0, 0.1) is 0 Å². The number of nitrogens with zero attached hydrogens (tertiary/aromatic N) is 4.